The molecule has 0 heterocycles. The molecule has 33 heavy (non-hydrogen) atoms. The van der Waals surface area contributed by atoms with Crippen molar-refractivity contribution in [1.29, 1.82) is 0 Å². The van der Waals surface area contributed by atoms with Crippen molar-refractivity contribution in [3.63, 3.8) is 0 Å². The van der Waals surface area contributed by atoms with Gasteiger partial charge in [-0.1, -0.05) is 36.4 Å². The standard InChI is InChI=1S/C27H27N3O3/c1-18-8-11-22(16-24(18)29-26(32)20-6-4-3-5-7-20)27(33)30(23-14-15-23)17-19-9-12-21(13-10-19)25(31)28-2/h3-13,16,23H,14-15,17H2,1-2H3,(H,28,31)(H,29,32). The summed E-state index contributed by atoms with van der Waals surface area (Å²) in [5, 5.41) is 5.54. The highest BCUT2D eigenvalue weighted by molar-refractivity contribution is 6.05. The number of hydrogen-bond acceptors (Lipinski definition) is 3. The molecule has 4 rings (SSSR count). The highest BCUT2D eigenvalue weighted by atomic mass is 16.2. The quantitative estimate of drug-likeness (QED) is 0.570. The summed E-state index contributed by atoms with van der Waals surface area (Å²) >= 11 is 0. The van der Waals surface area contributed by atoms with Crippen molar-refractivity contribution in [2.45, 2.75) is 32.4 Å². The van der Waals surface area contributed by atoms with Gasteiger partial charge in [0.2, 0.25) is 0 Å². The minimum Gasteiger partial charge on any atom is -0.355 e. The summed E-state index contributed by atoms with van der Waals surface area (Å²) in [5.41, 5.74) is 4.17. The Bertz CT molecular complexity index is 1170. The lowest BCUT2D eigenvalue weighted by atomic mass is 10.1. The average Bonchev–Trinajstić information content (AvgIpc) is 3.69. The van der Waals surface area contributed by atoms with Gasteiger partial charge in [0.15, 0.2) is 0 Å². The SMILES string of the molecule is CNC(=O)c1ccc(CN(C(=O)c2ccc(C)c(NC(=O)c3ccccc3)c2)C2CC2)cc1. The number of aryl methyl sites for hydroxylation is 1. The number of anilines is 1. The van der Waals surface area contributed by atoms with Crippen molar-refractivity contribution in [2.24, 2.45) is 0 Å². The number of amides is 3. The Kier molecular flexibility index (Phi) is 6.54. The summed E-state index contributed by atoms with van der Waals surface area (Å²) in [5.74, 6) is -0.414. The van der Waals surface area contributed by atoms with Crippen LogP contribution in [0.4, 0.5) is 5.69 Å². The molecule has 0 aliphatic heterocycles. The fourth-order valence-electron chi connectivity index (χ4n) is 3.70. The molecule has 0 saturated heterocycles. The van der Waals surface area contributed by atoms with E-state index in [2.05, 4.69) is 10.6 Å². The molecule has 1 saturated carbocycles. The molecule has 3 amide bonds. The van der Waals surface area contributed by atoms with Gasteiger partial charge in [-0.25, -0.2) is 0 Å². The number of carbonyl (C=O) groups is 3. The fraction of sp³-hybridized carbons (Fsp3) is 0.222. The van der Waals surface area contributed by atoms with E-state index in [9.17, 15) is 14.4 Å². The maximum atomic E-state index is 13.4. The number of nitrogens with zero attached hydrogens (tertiary/aromatic N) is 1. The van der Waals surface area contributed by atoms with Crippen molar-refractivity contribution in [3.05, 3.63) is 101 Å². The van der Waals surface area contributed by atoms with Crippen LogP contribution >= 0.6 is 0 Å². The van der Waals surface area contributed by atoms with E-state index >= 15 is 0 Å². The predicted octanol–water partition coefficient (Wildman–Crippen LogP) is 4.41. The zero-order valence-electron chi connectivity index (χ0n) is 18.8. The van der Waals surface area contributed by atoms with E-state index in [0.29, 0.717) is 28.9 Å². The minimum absolute atomic E-state index is 0.0666. The van der Waals surface area contributed by atoms with Gasteiger partial charge in [0.25, 0.3) is 17.7 Å². The van der Waals surface area contributed by atoms with Crippen molar-refractivity contribution < 1.29 is 14.4 Å². The number of carbonyl (C=O) groups excluding carboxylic acids is 3. The second-order valence-corrected chi connectivity index (χ2v) is 8.29. The van der Waals surface area contributed by atoms with Crippen LogP contribution in [0.1, 0.15) is 55.0 Å². The highest BCUT2D eigenvalue weighted by Gasteiger charge is 2.33. The Morgan fingerprint density at radius 3 is 2.12 bits per heavy atom. The molecule has 1 aliphatic carbocycles. The van der Waals surface area contributed by atoms with Gasteiger partial charge in [-0.15, -0.1) is 0 Å². The van der Waals surface area contributed by atoms with Gasteiger partial charge in [-0.2, -0.15) is 0 Å². The van der Waals surface area contributed by atoms with Crippen LogP contribution in [-0.4, -0.2) is 35.7 Å². The van der Waals surface area contributed by atoms with Gasteiger partial charge in [0, 0.05) is 42.0 Å². The smallest absolute Gasteiger partial charge is 0.255 e. The molecule has 1 aliphatic rings. The maximum Gasteiger partial charge on any atom is 0.255 e. The van der Waals surface area contributed by atoms with Crippen LogP contribution in [0.15, 0.2) is 72.8 Å². The van der Waals surface area contributed by atoms with Crippen LogP contribution in [-0.2, 0) is 6.54 Å². The number of benzene rings is 3. The summed E-state index contributed by atoms with van der Waals surface area (Å²) in [6.07, 6.45) is 1.96. The molecular formula is C27H27N3O3. The molecule has 3 aromatic rings. The van der Waals surface area contributed by atoms with E-state index in [4.69, 9.17) is 0 Å². The largest absolute Gasteiger partial charge is 0.355 e. The summed E-state index contributed by atoms with van der Waals surface area (Å²) in [7, 11) is 1.60. The predicted molar refractivity (Wildman–Crippen MR) is 128 cm³/mol. The number of nitrogens with one attached hydrogen (secondary N) is 2. The van der Waals surface area contributed by atoms with Crippen LogP contribution in [0.25, 0.3) is 0 Å². The molecule has 0 radical (unpaired) electrons. The van der Waals surface area contributed by atoms with Crippen molar-refractivity contribution in [3.8, 4) is 0 Å². The zero-order valence-corrected chi connectivity index (χ0v) is 18.8. The van der Waals surface area contributed by atoms with E-state index in [1.807, 2.05) is 48.2 Å². The highest BCUT2D eigenvalue weighted by Crippen LogP contribution is 2.31. The van der Waals surface area contributed by atoms with Gasteiger partial charge < -0.3 is 15.5 Å². The Morgan fingerprint density at radius 2 is 1.48 bits per heavy atom. The van der Waals surface area contributed by atoms with E-state index < -0.39 is 0 Å². The first-order valence-electron chi connectivity index (χ1n) is 11.1. The molecule has 0 atom stereocenters. The average molecular weight is 442 g/mol. The third-order valence-corrected chi connectivity index (χ3v) is 5.81. The molecule has 2 N–H and O–H groups in total. The van der Waals surface area contributed by atoms with Gasteiger partial charge >= 0.3 is 0 Å². The molecule has 0 unspecified atom stereocenters. The van der Waals surface area contributed by atoms with Crippen LogP contribution in [0.5, 0.6) is 0 Å². The summed E-state index contributed by atoms with van der Waals surface area (Å²) in [6.45, 7) is 2.37. The van der Waals surface area contributed by atoms with Crippen LogP contribution in [0, 0.1) is 6.92 Å². The Morgan fingerprint density at radius 1 is 0.848 bits per heavy atom. The molecule has 6 nitrogen and oxygen atoms in total. The van der Waals surface area contributed by atoms with Gasteiger partial charge in [-0.3, -0.25) is 14.4 Å². The lowest BCUT2D eigenvalue weighted by molar-refractivity contribution is 0.0729. The molecule has 1 fully saturated rings. The molecular weight excluding hydrogens is 414 g/mol. The Balaban J connectivity index is 1.52. The first-order valence-corrected chi connectivity index (χ1v) is 11.1. The van der Waals surface area contributed by atoms with Gasteiger partial charge in [0.05, 0.1) is 0 Å². The number of hydrogen-bond donors (Lipinski definition) is 2. The third kappa shape index (κ3) is 5.29. The molecule has 0 spiro atoms. The second kappa shape index (κ2) is 9.69. The molecule has 6 heteroatoms. The molecule has 0 bridgehead atoms. The van der Waals surface area contributed by atoms with E-state index in [0.717, 1.165) is 24.0 Å². The molecule has 168 valence electrons. The summed E-state index contributed by atoms with van der Waals surface area (Å²) in [6, 6.07) is 21.9. The van der Waals surface area contributed by atoms with Crippen molar-refractivity contribution in [2.75, 3.05) is 12.4 Å². The van der Waals surface area contributed by atoms with E-state index in [1.54, 1.807) is 43.4 Å². The normalized spacial score (nSPS) is 12.7. The van der Waals surface area contributed by atoms with Gasteiger partial charge in [-0.05, 0) is 67.3 Å². The van der Waals surface area contributed by atoms with Crippen molar-refractivity contribution >= 4 is 23.4 Å². The van der Waals surface area contributed by atoms with Crippen molar-refractivity contribution in [1.82, 2.24) is 10.2 Å². The van der Waals surface area contributed by atoms with Crippen LogP contribution in [0.2, 0.25) is 0 Å². The fourth-order valence-corrected chi connectivity index (χ4v) is 3.70. The molecule has 0 aromatic heterocycles. The third-order valence-electron chi connectivity index (χ3n) is 5.81. The second-order valence-electron chi connectivity index (χ2n) is 8.29. The van der Waals surface area contributed by atoms with Gasteiger partial charge in [0.1, 0.15) is 0 Å². The minimum atomic E-state index is -0.210. The summed E-state index contributed by atoms with van der Waals surface area (Å²) < 4.78 is 0. The molecule has 3 aromatic carbocycles. The monoisotopic (exact) mass is 441 g/mol. The summed E-state index contributed by atoms with van der Waals surface area (Å²) in [4.78, 5) is 39.7. The van der Waals surface area contributed by atoms with Crippen LogP contribution < -0.4 is 10.6 Å². The van der Waals surface area contributed by atoms with E-state index in [-0.39, 0.29) is 23.8 Å². The van der Waals surface area contributed by atoms with E-state index in [1.165, 1.54) is 0 Å². The maximum absolute atomic E-state index is 13.4. The first-order chi connectivity index (χ1) is 16.0. The Hall–Kier alpha value is -3.93. The Labute approximate surface area is 193 Å². The lowest BCUT2D eigenvalue weighted by Gasteiger charge is -2.23. The lowest BCUT2D eigenvalue weighted by Crippen LogP contribution is -2.32. The number of rotatable bonds is 7. The van der Waals surface area contributed by atoms with Crippen LogP contribution in [0.3, 0.4) is 0 Å². The zero-order chi connectivity index (χ0) is 23.4. The topological polar surface area (TPSA) is 78.5 Å². The first kappa shape index (κ1) is 22.3.